The molecule has 1 aromatic rings. The van der Waals surface area contributed by atoms with Gasteiger partial charge in [0.25, 0.3) is 0 Å². The minimum Gasteiger partial charge on any atom is -0.338 e. The third-order valence-electron chi connectivity index (χ3n) is 6.39. The van der Waals surface area contributed by atoms with Crippen LogP contribution in [0.1, 0.15) is 63.1 Å². The molecule has 0 aromatic carbocycles. The highest BCUT2D eigenvalue weighted by Gasteiger charge is 2.53. The summed E-state index contributed by atoms with van der Waals surface area (Å²) in [6, 6.07) is 0. The van der Waals surface area contributed by atoms with Gasteiger partial charge >= 0.3 is 0 Å². The van der Waals surface area contributed by atoms with Crippen molar-refractivity contribution in [3.63, 3.8) is 0 Å². The van der Waals surface area contributed by atoms with E-state index in [1.54, 1.807) is 0 Å². The Bertz CT molecular complexity index is 499. The van der Waals surface area contributed by atoms with Gasteiger partial charge in [-0.3, -0.25) is 0 Å². The van der Waals surface area contributed by atoms with Crippen molar-refractivity contribution in [3.8, 4) is 0 Å². The van der Waals surface area contributed by atoms with Gasteiger partial charge in [0, 0.05) is 5.41 Å². The first kappa shape index (κ1) is 12.6. The van der Waals surface area contributed by atoms with Crippen LogP contribution in [0.3, 0.4) is 0 Å². The average Bonchev–Trinajstić information content (AvgIpc) is 3.12. The zero-order chi connectivity index (χ0) is 13.9. The van der Waals surface area contributed by atoms with E-state index in [1.807, 2.05) is 0 Å². The van der Waals surface area contributed by atoms with Crippen LogP contribution in [0.2, 0.25) is 0 Å². The molecule has 21 heavy (non-hydrogen) atoms. The van der Waals surface area contributed by atoms with Crippen molar-refractivity contribution in [2.75, 3.05) is 6.54 Å². The Labute approximate surface area is 126 Å². The molecule has 0 radical (unpaired) electrons. The second-order valence-corrected chi connectivity index (χ2v) is 8.28. The summed E-state index contributed by atoms with van der Waals surface area (Å²) in [5.41, 5.74) is 0.271. The number of nitrogens with zero attached hydrogens (tertiary/aromatic N) is 2. The Morgan fingerprint density at radius 2 is 1.71 bits per heavy atom. The number of hydrogen-bond donors (Lipinski definition) is 1. The Balaban J connectivity index is 1.31. The standard InChI is InChI=1S/C17H25N3O/c1-2-11(1)9-18-10-15-19-16(20-21-15)17-6-12-3-13(7-17)5-14(4-12)8-17/h11-14,18H,1-10H2. The topological polar surface area (TPSA) is 51.0 Å². The predicted octanol–water partition coefficient (Wildman–Crippen LogP) is 3.04. The summed E-state index contributed by atoms with van der Waals surface area (Å²) < 4.78 is 5.53. The van der Waals surface area contributed by atoms with Crippen LogP contribution < -0.4 is 5.32 Å². The van der Waals surface area contributed by atoms with E-state index in [4.69, 9.17) is 9.51 Å². The molecular weight excluding hydrogens is 262 g/mol. The Kier molecular flexibility index (Phi) is 2.73. The smallest absolute Gasteiger partial charge is 0.240 e. The van der Waals surface area contributed by atoms with Gasteiger partial charge in [0.15, 0.2) is 5.82 Å². The molecule has 5 aliphatic carbocycles. The van der Waals surface area contributed by atoms with Gasteiger partial charge in [-0.25, -0.2) is 0 Å². The molecule has 0 spiro atoms. The van der Waals surface area contributed by atoms with Crippen LogP contribution in [0.25, 0.3) is 0 Å². The lowest BCUT2D eigenvalue weighted by Crippen LogP contribution is -2.49. The molecule has 4 nitrogen and oxygen atoms in total. The van der Waals surface area contributed by atoms with Crippen LogP contribution in [0.4, 0.5) is 0 Å². The quantitative estimate of drug-likeness (QED) is 0.904. The van der Waals surface area contributed by atoms with Gasteiger partial charge in [-0.1, -0.05) is 5.16 Å². The minimum absolute atomic E-state index is 0.271. The Hall–Kier alpha value is -0.900. The predicted molar refractivity (Wildman–Crippen MR) is 78.6 cm³/mol. The molecule has 5 aliphatic rings. The van der Waals surface area contributed by atoms with Crippen LogP contribution >= 0.6 is 0 Å². The molecule has 5 saturated carbocycles. The zero-order valence-electron chi connectivity index (χ0n) is 12.7. The summed E-state index contributed by atoms with van der Waals surface area (Å²) >= 11 is 0. The van der Waals surface area contributed by atoms with Crippen molar-refractivity contribution < 1.29 is 4.52 Å². The number of aromatic nitrogens is 2. The van der Waals surface area contributed by atoms with E-state index in [9.17, 15) is 0 Å². The highest BCUT2D eigenvalue weighted by molar-refractivity contribution is 5.16. The minimum atomic E-state index is 0.271. The van der Waals surface area contributed by atoms with Gasteiger partial charge in [0.1, 0.15) is 0 Å². The number of hydrogen-bond acceptors (Lipinski definition) is 4. The van der Waals surface area contributed by atoms with Gasteiger partial charge in [-0.2, -0.15) is 4.98 Å². The SMILES string of the molecule is C(NCC1CC1)c1nc(C23CC4CC(CC(C4)C2)C3)no1. The Morgan fingerprint density at radius 1 is 1.05 bits per heavy atom. The molecule has 6 rings (SSSR count). The average molecular weight is 287 g/mol. The van der Waals surface area contributed by atoms with Crippen LogP contribution in [0, 0.1) is 23.7 Å². The van der Waals surface area contributed by atoms with Crippen LogP contribution in [0.15, 0.2) is 4.52 Å². The zero-order valence-corrected chi connectivity index (χ0v) is 12.7. The lowest BCUT2D eigenvalue weighted by atomic mass is 9.49. The summed E-state index contributed by atoms with van der Waals surface area (Å²) in [6.45, 7) is 1.85. The molecule has 0 saturated heterocycles. The maximum Gasteiger partial charge on any atom is 0.240 e. The molecule has 1 heterocycles. The fourth-order valence-corrected chi connectivity index (χ4v) is 5.63. The third-order valence-corrected chi connectivity index (χ3v) is 6.39. The van der Waals surface area contributed by atoms with E-state index in [2.05, 4.69) is 10.5 Å². The molecule has 0 amide bonds. The number of nitrogens with one attached hydrogen (secondary N) is 1. The largest absolute Gasteiger partial charge is 0.338 e. The van der Waals surface area contributed by atoms with E-state index in [0.29, 0.717) is 0 Å². The molecule has 4 heteroatoms. The van der Waals surface area contributed by atoms with Gasteiger partial charge in [-0.15, -0.1) is 0 Å². The first-order valence-corrected chi connectivity index (χ1v) is 8.83. The second-order valence-electron chi connectivity index (χ2n) is 8.28. The summed E-state index contributed by atoms with van der Waals surface area (Å²) in [5, 5.41) is 7.85. The highest BCUT2D eigenvalue weighted by Crippen LogP contribution is 2.60. The lowest BCUT2D eigenvalue weighted by Gasteiger charge is -2.55. The summed E-state index contributed by atoms with van der Waals surface area (Å²) in [7, 11) is 0. The molecule has 0 atom stereocenters. The number of rotatable bonds is 5. The lowest BCUT2D eigenvalue weighted by molar-refractivity contribution is -0.0103. The van der Waals surface area contributed by atoms with E-state index in [0.717, 1.165) is 48.5 Å². The van der Waals surface area contributed by atoms with E-state index >= 15 is 0 Å². The fraction of sp³-hybridized carbons (Fsp3) is 0.882. The van der Waals surface area contributed by atoms with Crippen molar-refractivity contribution in [2.45, 2.75) is 63.3 Å². The molecular formula is C17H25N3O. The third kappa shape index (κ3) is 2.23. The van der Waals surface area contributed by atoms with E-state index < -0.39 is 0 Å². The molecule has 5 fully saturated rings. The maximum absolute atomic E-state index is 5.53. The van der Waals surface area contributed by atoms with E-state index in [1.165, 1.54) is 51.4 Å². The van der Waals surface area contributed by atoms with Crippen molar-refractivity contribution in [1.82, 2.24) is 15.5 Å². The van der Waals surface area contributed by atoms with Gasteiger partial charge < -0.3 is 9.84 Å². The van der Waals surface area contributed by atoms with Crippen LogP contribution in [-0.2, 0) is 12.0 Å². The molecule has 1 N–H and O–H groups in total. The van der Waals surface area contributed by atoms with E-state index in [-0.39, 0.29) is 5.41 Å². The van der Waals surface area contributed by atoms with Crippen molar-refractivity contribution >= 4 is 0 Å². The molecule has 1 aromatic heterocycles. The highest BCUT2D eigenvalue weighted by atomic mass is 16.5. The van der Waals surface area contributed by atoms with Gasteiger partial charge in [0.05, 0.1) is 6.54 Å². The normalized spacial score (nSPS) is 40.9. The molecule has 114 valence electrons. The van der Waals surface area contributed by atoms with Crippen molar-refractivity contribution in [3.05, 3.63) is 11.7 Å². The monoisotopic (exact) mass is 287 g/mol. The molecule has 0 unspecified atom stereocenters. The van der Waals surface area contributed by atoms with Gasteiger partial charge in [0.2, 0.25) is 5.89 Å². The summed E-state index contributed by atoms with van der Waals surface area (Å²) in [4.78, 5) is 4.78. The first-order valence-electron chi connectivity index (χ1n) is 8.83. The maximum atomic E-state index is 5.53. The summed E-state index contributed by atoms with van der Waals surface area (Å²) in [5.74, 6) is 5.53. The molecule has 0 aliphatic heterocycles. The van der Waals surface area contributed by atoms with Crippen molar-refractivity contribution in [1.29, 1.82) is 0 Å². The van der Waals surface area contributed by atoms with Gasteiger partial charge in [-0.05, 0) is 81.6 Å². The Morgan fingerprint density at radius 3 is 2.33 bits per heavy atom. The van der Waals surface area contributed by atoms with Crippen LogP contribution in [-0.4, -0.2) is 16.7 Å². The second kappa shape index (κ2) is 4.55. The first-order chi connectivity index (χ1) is 10.3. The summed E-state index contributed by atoms with van der Waals surface area (Å²) in [6.07, 6.45) is 11.1. The van der Waals surface area contributed by atoms with Crippen LogP contribution in [0.5, 0.6) is 0 Å². The molecule has 4 bridgehead atoms. The van der Waals surface area contributed by atoms with Crippen molar-refractivity contribution in [2.24, 2.45) is 23.7 Å². The fourth-order valence-electron chi connectivity index (χ4n) is 5.63.